The van der Waals surface area contributed by atoms with E-state index in [4.69, 9.17) is 14.9 Å². The Labute approximate surface area is 174 Å². The third kappa shape index (κ3) is 3.21. The summed E-state index contributed by atoms with van der Waals surface area (Å²) in [4.78, 5) is 0. The Morgan fingerprint density at radius 3 is 2.31 bits per heavy atom. The molecule has 4 unspecified atom stereocenters. The number of ether oxygens (including phenoxy) is 2. The second kappa shape index (κ2) is 8.73. The van der Waals surface area contributed by atoms with Gasteiger partial charge in [0.05, 0.1) is 30.2 Å². The number of rotatable bonds is 8. The number of nitrogens with one attached hydrogen (secondary N) is 1. The van der Waals surface area contributed by atoms with Gasteiger partial charge in [-0.25, -0.2) is 0 Å². The van der Waals surface area contributed by atoms with Crippen LogP contribution < -0.4 is 0 Å². The van der Waals surface area contributed by atoms with Crippen molar-refractivity contribution in [3.05, 3.63) is 0 Å². The highest BCUT2D eigenvalue weighted by Crippen LogP contribution is 2.66. The van der Waals surface area contributed by atoms with Crippen molar-refractivity contribution in [3.63, 3.8) is 0 Å². The summed E-state index contributed by atoms with van der Waals surface area (Å²) >= 11 is 0. The van der Waals surface area contributed by atoms with Crippen molar-refractivity contribution in [1.82, 2.24) is 0 Å². The maximum atomic E-state index is 10.2. The fourth-order valence-electron chi connectivity index (χ4n) is 5.70. The molecule has 0 radical (unpaired) electrons. The summed E-state index contributed by atoms with van der Waals surface area (Å²) in [6, 6.07) is 6.57. The standard InChI is InChI=1S/C23H32N4O2/c1-2-3-4-5-6-7-10-13-19-21(15-24,16-25)22(17-26)18-12-9-8-11-14-23(18,28-19)29-20(22)27/h18-19,27H,2-14H2,1H3. The molecule has 2 bridgehead atoms. The zero-order valence-corrected chi connectivity index (χ0v) is 17.5. The molecule has 4 atom stereocenters. The summed E-state index contributed by atoms with van der Waals surface area (Å²) in [7, 11) is 0. The first-order valence-electron chi connectivity index (χ1n) is 11.3. The van der Waals surface area contributed by atoms with Crippen LogP contribution in [-0.4, -0.2) is 17.8 Å². The molecule has 6 heteroatoms. The smallest absolute Gasteiger partial charge is 0.217 e. The van der Waals surface area contributed by atoms with Crippen molar-refractivity contribution in [2.75, 3.05) is 0 Å². The second-order valence-electron chi connectivity index (χ2n) is 8.86. The second-order valence-corrected chi connectivity index (χ2v) is 8.86. The van der Waals surface area contributed by atoms with Crippen molar-refractivity contribution >= 4 is 5.90 Å². The Balaban J connectivity index is 1.85. The first-order valence-corrected chi connectivity index (χ1v) is 11.3. The lowest BCUT2D eigenvalue weighted by Crippen LogP contribution is -2.62. The highest BCUT2D eigenvalue weighted by Gasteiger charge is 2.79. The summed E-state index contributed by atoms with van der Waals surface area (Å²) < 4.78 is 12.4. The third-order valence-corrected chi connectivity index (χ3v) is 7.25. The van der Waals surface area contributed by atoms with E-state index in [1.807, 2.05) is 0 Å². The van der Waals surface area contributed by atoms with Gasteiger partial charge in [0.25, 0.3) is 0 Å². The van der Waals surface area contributed by atoms with Gasteiger partial charge in [-0.15, -0.1) is 0 Å². The highest BCUT2D eigenvalue weighted by molar-refractivity contribution is 5.89. The molecule has 0 aromatic heterocycles. The lowest BCUT2D eigenvalue weighted by Gasteiger charge is -2.49. The van der Waals surface area contributed by atoms with Crippen LogP contribution >= 0.6 is 0 Å². The minimum absolute atomic E-state index is 0.239. The molecular weight excluding hydrogens is 364 g/mol. The van der Waals surface area contributed by atoms with Crippen LogP contribution in [0.3, 0.4) is 0 Å². The van der Waals surface area contributed by atoms with Crippen molar-refractivity contribution in [1.29, 1.82) is 21.2 Å². The molecule has 1 saturated carbocycles. The molecule has 2 aliphatic heterocycles. The first kappa shape index (κ1) is 21.6. The van der Waals surface area contributed by atoms with Gasteiger partial charge in [0.2, 0.25) is 11.7 Å². The molecule has 2 saturated heterocycles. The quantitative estimate of drug-likeness (QED) is 0.555. The average Bonchev–Trinajstić information content (AvgIpc) is 2.85. The summed E-state index contributed by atoms with van der Waals surface area (Å²) in [5.41, 5.74) is -3.24. The van der Waals surface area contributed by atoms with Crippen LogP contribution in [0.4, 0.5) is 0 Å². The molecule has 3 rings (SSSR count). The van der Waals surface area contributed by atoms with E-state index < -0.39 is 28.6 Å². The van der Waals surface area contributed by atoms with Crippen molar-refractivity contribution in [2.24, 2.45) is 16.7 Å². The van der Waals surface area contributed by atoms with Crippen molar-refractivity contribution < 1.29 is 9.47 Å². The zero-order valence-electron chi connectivity index (χ0n) is 17.5. The molecule has 6 nitrogen and oxygen atoms in total. The number of hydrogen-bond donors (Lipinski definition) is 1. The van der Waals surface area contributed by atoms with E-state index >= 15 is 0 Å². The molecule has 3 fully saturated rings. The summed E-state index contributed by atoms with van der Waals surface area (Å²) in [6.07, 6.45) is 11.8. The average molecular weight is 397 g/mol. The van der Waals surface area contributed by atoms with Gasteiger partial charge >= 0.3 is 0 Å². The van der Waals surface area contributed by atoms with Gasteiger partial charge in [-0.3, -0.25) is 5.41 Å². The molecular formula is C23H32N4O2. The van der Waals surface area contributed by atoms with Crippen LogP contribution in [-0.2, 0) is 9.47 Å². The van der Waals surface area contributed by atoms with E-state index in [9.17, 15) is 15.8 Å². The maximum absolute atomic E-state index is 10.2. The summed E-state index contributed by atoms with van der Waals surface area (Å²) in [5.74, 6) is -1.69. The Bertz CT molecular complexity index is 731. The molecule has 3 aliphatic rings. The zero-order chi connectivity index (χ0) is 21.0. The topological polar surface area (TPSA) is 114 Å². The molecule has 1 N–H and O–H groups in total. The number of nitriles is 3. The molecule has 0 aromatic carbocycles. The van der Waals surface area contributed by atoms with Crippen LogP contribution in [0, 0.1) is 56.2 Å². The number of unbranched alkanes of at least 4 members (excludes halogenated alkanes) is 6. The normalized spacial score (nSPS) is 34.8. The lowest BCUT2D eigenvalue weighted by atomic mass is 9.53. The number of hydrogen-bond acceptors (Lipinski definition) is 6. The van der Waals surface area contributed by atoms with Gasteiger partial charge in [0.15, 0.2) is 10.8 Å². The van der Waals surface area contributed by atoms with Gasteiger partial charge in [0, 0.05) is 6.42 Å². The fraction of sp³-hybridized carbons (Fsp3) is 0.826. The maximum Gasteiger partial charge on any atom is 0.217 e. The van der Waals surface area contributed by atoms with E-state index in [1.54, 1.807) is 0 Å². The van der Waals surface area contributed by atoms with E-state index in [0.29, 0.717) is 19.3 Å². The predicted octanol–water partition coefficient (Wildman–Crippen LogP) is 5.35. The monoisotopic (exact) mass is 396 g/mol. The molecule has 0 aromatic rings. The first-order chi connectivity index (χ1) is 14.1. The Morgan fingerprint density at radius 1 is 0.966 bits per heavy atom. The minimum atomic E-state index is -1.70. The van der Waals surface area contributed by atoms with Crippen LogP contribution in [0.25, 0.3) is 0 Å². The third-order valence-electron chi connectivity index (χ3n) is 7.25. The van der Waals surface area contributed by atoms with Crippen LogP contribution in [0.1, 0.15) is 90.4 Å². The van der Waals surface area contributed by atoms with E-state index in [1.165, 1.54) is 25.7 Å². The molecule has 29 heavy (non-hydrogen) atoms. The largest absolute Gasteiger partial charge is 0.447 e. The van der Waals surface area contributed by atoms with Gasteiger partial charge in [-0.1, -0.05) is 64.7 Å². The lowest BCUT2D eigenvalue weighted by molar-refractivity contribution is -0.283. The van der Waals surface area contributed by atoms with Crippen LogP contribution in [0.2, 0.25) is 0 Å². The van der Waals surface area contributed by atoms with E-state index in [-0.39, 0.29) is 5.90 Å². The van der Waals surface area contributed by atoms with Crippen LogP contribution in [0.5, 0.6) is 0 Å². The molecule has 1 aliphatic carbocycles. The van der Waals surface area contributed by atoms with Gasteiger partial charge in [0.1, 0.15) is 0 Å². The van der Waals surface area contributed by atoms with Gasteiger partial charge in [-0.05, 0) is 19.3 Å². The summed E-state index contributed by atoms with van der Waals surface area (Å²) in [6.45, 7) is 2.20. The molecule has 0 spiro atoms. The van der Waals surface area contributed by atoms with Crippen molar-refractivity contribution in [2.45, 2.75) is 102 Å². The number of nitrogens with zero attached hydrogens (tertiary/aromatic N) is 3. The van der Waals surface area contributed by atoms with E-state index in [0.717, 1.165) is 38.5 Å². The van der Waals surface area contributed by atoms with Crippen molar-refractivity contribution in [3.8, 4) is 18.2 Å². The predicted molar refractivity (Wildman–Crippen MR) is 107 cm³/mol. The van der Waals surface area contributed by atoms with E-state index in [2.05, 4.69) is 25.1 Å². The van der Waals surface area contributed by atoms with Gasteiger partial charge < -0.3 is 9.47 Å². The molecule has 0 amide bonds. The Morgan fingerprint density at radius 2 is 1.66 bits per heavy atom. The SMILES string of the molecule is CCCCCCCCCC1OC23CCCCCC2C(C#N)(C(=N)O3)C1(C#N)C#N. The molecule has 2 heterocycles. The molecule has 156 valence electrons. The highest BCUT2D eigenvalue weighted by atomic mass is 16.7. The van der Waals surface area contributed by atoms with Gasteiger partial charge in [-0.2, -0.15) is 15.8 Å². The Hall–Kier alpha value is -2.10. The Kier molecular flexibility index (Phi) is 6.50. The summed E-state index contributed by atoms with van der Waals surface area (Å²) in [5, 5.41) is 39.1. The van der Waals surface area contributed by atoms with Crippen LogP contribution in [0.15, 0.2) is 0 Å². The fourth-order valence-corrected chi connectivity index (χ4v) is 5.70. The minimum Gasteiger partial charge on any atom is -0.447 e.